The van der Waals surface area contributed by atoms with Crippen molar-refractivity contribution >= 4 is 5.69 Å². The van der Waals surface area contributed by atoms with E-state index in [-0.39, 0.29) is 17.5 Å². The van der Waals surface area contributed by atoms with Crippen LogP contribution in [0.3, 0.4) is 0 Å². The second kappa shape index (κ2) is 5.74. The predicted molar refractivity (Wildman–Crippen MR) is 79.5 cm³/mol. The summed E-state index contributed by atoms with van der Waals surface area (Å²) in [6, 6.07) is 10.2. The summed E-state index contributed by atoms with van der Waals surface area (Å²) >= 11 is 0. The molecule has 0 aliphatic heterocycles. The molecular formula is C16H19NO3. The fourth-order valence-electron chi connectivity index (χ4n) is 2.18. The SMILES string of the molecule is COc1ccc(NC(C)c2cc(O)ccc2O)cc1C. The van der Waals surface area contributed by atoms with Gasteiger partial charge in [0.1, 0.15) is 17.2 Å². The quantitative estimate of drug-likeness (QED) is 0.745. The van der Waals surface area contributed by atoms with Crippen molar-refractivity contribution in [3.05, 3.63) is 47.5 Å². The van der Waals surface area contributed by atoms with Gasteiger partial charge in [-0.25, -0.2) is 0 Å². The summed E-state index contributed by atoms with van der Waals surface area (Å²) in [5.41, 5.74) is 2.61. The molecule has 0 bridgehead atoms. The Bertz CT molecular complexity index is 611. The summed E-state index contributed by atoms with van der Waals surface area (Å²) in [5.74, 6) is 1.13. The van der Waals surface area contributed by atoms with Gasteiger partial charge in [-0.05, 0) is 55.8 Å². The van der Waals surface area contributed by atoms with Gasteiger partial charge in [0.2, 0.25) is 0 Å². The van der Waals surface area contributed by atoms with Gasteiger partial charge < -0.3 is 20.3 Å². The van der Waals surface area contributed by atoms with Gasteiger partial charge in [-0.3, -0.25) is 0 Å². The first kappa shape index (κ1) is 14.1. The zero-order chi connectivity index (χ0) is 14.7. The van der Waals surface area contributed by atoms with Gasteiger partial charge in [-0.1, -0.05) is 0 Å². The van der Waals surface area contributed by atoms with E-state index in [1.165, 1.54) is 12.1 Å². The first-order valence-corrected chi connectivity index (χ1v) is 6.44. The third-order valence-corrected chi connectivity index (χ3v) is 3.26. The van der Waals surface area contributed by atoms with E-state index < -0.39 is 0 Å². The molecule has 0 aliphatic carbocycles. The molecule has 2 aromatic carbocycles. The van der Waals surface area contributed by atoms with Crippen molar-refractivity contribution in [1.82, 2.24) is 0 Å². The van der Waals surface area contributed by atoms with Gasteiger partial charge in [-0.15, -0.1) is 0 Å². The topological polar surface area (TPSA) is 61.7 Å². The largest absolute Gasteiger partial charge is 0.508 e. The van der Waals surface area contributed by atoms with E-state index in [1.807, 2.05) is 32.0 Å². The molecule has 0 saturated carbocycles. The van der Waals surface area contributed by atoms with Crippen molar-refractivity contribution in [3.8, 4) is 17.2 Å². The maximum atomic E-state index is 9.85. The van der Waals surface area contributed by atoms with Crippen LogP contribution in [0.4, 0.5) is 5.69 Å². The van der Waals surface area contributed by atoms with Crippen LogP contribution in [0.25, 0.3) is 0 Å². The number of aromatic hydroxyl groups is 2. The number of hydrogen-bond acceptors (Lipinski definition) is 4. The Balaban J connectivity index is 2.21. The Morgan fingerprint density at radius 1 is 1.10 bits per heavy atom. The minimum atomic E-state index is -0.130. The zero-order valence-electron chi connectivity index (χ0n) is 11.8. The lowest BCUT2D eigenvalue weighted by atomic mass is 10.1. The van der Waals surface area contributed by atoms with Crippen molar-refractivity contribution in [2.75, 3.05) is 12.4 Å². The van der Waals surface area contributed by atoms with Crippen LogP contribution in [0.5, 0.6) is 17.2 Å². The van der Waals surface area contributed by atoms with E-state index in [2.05, 4.69) is 5.32 Å². The molecule has 3 N–H and O–H groups in total. The number of nitrogens with one attached hydrogen (secondary N) is 1. The maximum Gasteiger partial charge on any atom is 0.121 e. The number of phenolic OH excluding ortho intramolecular Hbond substituents is 2. The van der Waals surface area contributed by atoms with Gasteiger partial charge in [0.25, 0.3) is 0 Å². The van der Waals surface area contributed by atoms with Crippen molar-refractivity contribution < 1.29 is 14.9 Å². The molecule has 20 heavy (non-hydrogen) atoms. The minimum absolute atomic E-state index is 0.130. The van der Waals surface area contributed by atoms with Gasteiger partial charge >= 0.3 is 0 Å². The van der Waals surface area contributed by atoms with E-state index in [4.69, 9.17) is 4.74 Å². The molecule has 0 spiro atoms. The van der Waals surface area contributed by atoms with E-state index in [1.54, 1.807) is 13.2 Å². The van der Waals surface area contributed by atoms with E-state index in [9.17, 15) is 10.2 Å². The van der Waals surface area contributed by atoms with Crippen LogP contribution in [-0.4, -0.2) is 17.3 Å². The second-order valence-corrected chi connectivity index (χ2v) is 4.79. The van der Waals surface area contributed by atoms with Crippen molar-refractivity contribution in [3.63, 3.8) is 0 Å². The van der Waals surface area contributed by atoms with E-state index >= 15 is 0 Å². The highest BCUT2D eigenvalue weighted by molar-refractivity contribution is 5.53. The molecule has 1 atom stereocenters. The number of phenols is 2. The number of hydrogen-bond donors (Lipinski definition) is 3. The average molecular weight is 273 g/mol. The molecule has 1 unspecified atom stereocenters. The molecule has 2 rings (SSSR count). The van der Waals surface area contributed by atoms with Crippen LogP contribution in [0.15, 0.2) is 36.4 Å². The summed E-state index contributed by atoms with van der Waals surface area (Å²) in [6.45, 7) is 3.90. The van der Waals surface area contributed by atoms with Crippen molar-refractivity contribution in [2.24, 2.45) is 0 Å². The lowest BCUT2D eigenvalue weighted by molar-refractivity contribution is 0.412. The van der Waals surface area contributed by atoms with Crippen LogP contribution in [-0.2, 0) is 0 Å². The van der Waals surface area contributed by atoms with Crippen molar-refractivity contribution in [2.45, 2.75) is 19.9 Å². The number of benzene rings is 2. The van der Waals surface area contributed by atoms with Crippen LogP contribution < -0.4 is 10.1 Å². The summed E-state index contributed by atoms with van der Waals surface area (Å²) in [6.07, 6.45) is 0. The van der Waals surface area contributed by atoms with Crippen LogP contribution in [0.1, 0.15) is 24.1 Å². The first-order chi connectivity index (χ1) is 9.51. The smallest absolute Gasteiger partial charge is 0.121 e. The zero-order valence-corrected chi connectivity index (χ0v) is 11.8. The van der Waals surface area contributed by atoms with Crippen LogP contribution >= 0.6 is 0 Å². The Morgan fingerprint density at radius 3 is 2.50 bits per heavy atom. The highest BCUT2D eigenvalue weighted by atomic mass is 16.5. The van der Waals surface area contributed by atoms with Gasteiger partial charge in [-0.2, -0.15) is 0 Å². The summed E-state index contributed by atoms with van der Waals surface area (Å²) in [5, 5.41) is 22.7. The Kier molecular flexibility index (Phi) is 4.03. The molecule has 0 saturated heterocycles. The Hall–Kier alpha value is -2.36. The average Bonchev–Trinajstić information content (AvgIpc) is 2.41. The molecular weight excluding hydrogens is 254 g/mol. The molecule has 0 fully saturated rings. The minimum Gasteiger partial charge on any atom is -0.508 e. The lowest BCUT2D eigenvalue weighted by Gasteiger charge is -2.18. The molecule has 0 aliphatic rings. The Labute approximate surface area is 118 Å². The molecule has 106 valence electrons. The normalized spacial score (nSPS) is 11.9. The van der Waals surface area contributed by atoms with E-state index in [0.29, 0.717) is 5.56 Å². The Morgan fingerprint density at radius 2 is 1.85 bits per heavy atom. The number of rotatable bonds is 4. The van der Waals surface area contributed by atoms with Gasteiger partial charge in [0.15, 0.2) is 0 Å². The standard InChI is InChI=1S/C16H19NO3/c1-10-8-12(4-7-16(10)20-3)17-11(2)14-9-13(18)5-6-15(14)19/h4-9,11,17-19H,1-3H3. The van der Waals surface area contributed by atoms with Crippen LogP contribution in [0.2, 0.25) is 0 Å². The third-order valence-electron chi connectivity index (χ3n) is 3.26. The second-order valence-electron chi connectivity index (χ2n) is 4.79. The fourth-order valence-corrected chi connectivity index (χ4v) is 2.18. The predicted octanol–water partition coefficient (Wildman–Crippen LogP) is 3.59. The summed E-state index contributed by atoms with van der Waals surface area (Å²) < 4.78 is 5.22. The van der Waals surface area contributed by atoms with Crippen molar-refractivity contribution in [1.29, 1.82) is 0 Å². The maximum absolute atomic E-state index is 9.85. The third kappa shape index (κ3) is 2.96. The first-order valence-electron chi connectivity index (χ1n) is 6.44. The number of anilines is 1. The molecule has 0 heterocycles. The monoisotopic (exact) mass is 273 g/mol. The molecule has 0 aromatic heterocycles. The van der Waals surface area contributed by atoms with E-state index in [0.717, 1.165) is 17.0 Å². The molecule has 0 radical (unpaired) electrons. The van der Waals surface area contributed by atoms with Gasteiger partial charge in [0.05, 0.1) is 13.2 Å². The van der Waals surface area contributed by atoms with Gasteiger partial charge in [0, 0.05) is 11.3 Å². The number of ether oxygens (including phenoxy) is 1. The van der Waals surface area contributed by atoms with Crippen LogP contribution in [0, 0.1) is 6.92 Å². The highest BCUT2D eigenvalue weighted by Gasteiger charge is 2.11. The highest BCUT2D eigenvalue weighted by Crippen LogP contribution is 2.31. The summed E-state index contributed by atoms with van der Waals surface area (Å²) in [7, 11) is 1.64. The molecule has 4 heteroatoms. The molecule has 4 nitrogen and oxygen atoms in total. The molecule has 0 amide bonds. The molecule has 2 aromatic rings. The lowest BCUT2D eigenvalue weighted by Crippen LogP contribution is -2.07. The number of methoxy groups -OCH3 is 1. The summed E-state index contributed by atoms with van der Waals surface area (Å²) in [4.78, 5) is 0. The fraction of sp³-hybridized carbons (Fsp3) is 0.250. The number of aryl methyl sites for hydroxylation is 1.